The Bertz CT molecular complexity index is 816. The number of primary sulfonamides is 1. The van der Waals surface area contributed by atoms with Crippen molar-refractivity contribution in [3.63, 3.8) is 0 Å². The number of nitrogens with two attached hydrogens (primary N) is 1. The Hall–Kier alpha value is -2.00. The molecule has 0 unspecified atom stereocenters. The third-order valence-corrected chi connectivity index (χ3v) is 4.83. The summed E-state index contributed by atoms with van der Waals surface area (Å²) in [5, 5.41) is 8.43. The predicted octanol–water partition coefficient (Wildman–Crippen LogP) is -1.30. The molecule has 0 amide bonds. The number of halogens is 1. The molecule has 0 radical (unpaired) electrons. The molecule has 0 bridgehead atoms. The van der Waals surface area contributed by atoms with E-state index >= 15 is 0 Å². The van der Waals surface area contributed by atoms with Crippen LogP contribution in [0.15, 0.2) is 41.3 Å². The van der Waals surface area contributed by atoms with Crippen molar-refractivity contribution in [3.05, 3.63) is 47.5 Å². The standard InChI is InChI=1S/C18H24N2O5S.ClH/c1-23-16-10-14(11-17(24-2)18(16)25-3)12-20-9-8-13-4-6-15(7-5-13)26(19,21)22;/h4-7,10-11,20H,8-9,12H2,1-3H3,(H2,19,21,22);1H/p-1. The van der Waals surface area contributed by atoms with Crippen LogP contribution in [0, 0.1) is 0 Å². The monoisotopic (exact) mass is 415 g/mol. The Kier molecular flexibility index (Phi) is 8.84. The van der Waals surface area contributed by atoms with Gasteiger partial charge in [0.1, 0.15) is 0 Å². The highest BCUT2D eigenvalue weighted by molar-refractivity contribution is 7.89. The molecule has 0 aliphatic heterocycles. The van der Waals surface area contributed by atoms with Crippen LogP contribution < -0.4 is 37.1 Å². The third-order valence-electron chi connectivity index (χ3n) is 3.90. The molecular weight excluding hydrogens is 392 g/mol. The lowest BCUT2D eigenvalue weighted by Crippen LogP contribution is -3.00. The Balaban J connectivity index is 0.00000364. The number of hydrogen-bond donors (Lipinski definition) is 2. The molecule has 7 nitrogen and oxygen atoms in total. The van der Waals surface area contributed by atoms with Gasteiger partial charge in [0.2, 0.25) is 15.8 Å². The lowest BCUT2D eigenvalue weighted by molar-refractivity contribution is -0.00000880. The lowest BCUT2D eigenvalue weighted by atomic mass is 10.1. The van der Waals surface area contributed by atoms with Crippen molar-refractivity contribution in [2.75, 3.05) is 27.9 Å². The Morgan fingerprint density at radius 1 is 0.926 bits per heavy atom. The molecule has 3 N–H and O–H groups in total. The van der Waals surface area contributed by atoms with Crippen LogP contribution in [0.1, 0.15) is 11.1 Å². The fraction of sp³-hybridized carbons (Fsp3) is 0.333. The molecule has 0 heterocycles. The molecule has 27 heavy (non-hydrogen) atoms. The molecule has 0 spiro atoms. The van der Waals surface area contributed by atoms with E-state index in [9.17, 15) is 8.42 Å². The minimum absolute atomic E-state index is 0. The van der Waals surface area contributed by atoms with Crippen LogP contribution in [0.2, 0.25) is 0 Å². The van der Waals surface area contributed by atoms with Crippen LogP contribution in [0.5, 0.6) is 17.2 Å². The number of hydrogen-bond acceptors (Lipinski definition) is 6. The summed E-state index contributed by atoms with van der Waals surface area (Å²) in [4.78, 5) is 0.117. The van der Waals surface area contributed by atoms with Crippen molar-refractivity contribution >= 4 is 10.0 Å². The molecule has 0 fully saturated rings. The van der Waals surface area contributed by atoms with Crippen LogP contribution in [0.4, 0.5) is 0 Å². The zero-order chi connectivity index (χ0) is 19.2. The highest BCUT2D eigenvalue weighted by Crippen LogP contribution is 2.38. The smallest absolute Gasteiger partial charge is 0.238 e. The maximum absolute atomic E-state index is 11.2. The summed E-state index contributed by atoms with van der Waals surface area (Å²) in [6, 6.07) is 10.4. The molecule has 2 aromatic carbocycles. The van der Waals surface area contributed by atoms with Crippen molar-refractivity contribution in [3.8, 4) is 17.2 Å². The molecule has 0 aliphatic rings. The van der Waals surface area contributed by atoms with Gasteiger partial charge in [0.05, 0.1) is 26.2 Å². The van der Waals surface area contributed by atoms with E-state index in [0.29, 0.717) is 23.8 Å². The number of sulfonamides is 1. The quantitative estimate of drug-likeness (QED) is 0.494. The molecule has 150 valence electrons. The Labute approximate surface area is 166 Å². The summed E-state index contributed by atoms with van der Waals surface area (Å²) < 4.78 is 38.5. The highest BCUT2D eigenvalue weighted by atomic mass is 35.5. The SMILES string of the molecule is COc1cc(CNCCc2ccc(S(N)(=O)=O)cc2)cc(OC)c1OC.[Cl-]. The van der Waals surface area contributed by atoms with Crippen molar-refractivity contribution < 1.29 is 35.0 Å². The average Bonchev–Trinajstić information content (AvgIpc) is 2.63. The Morgan fingerprint density at radius 2 is 1.48 bits per heavy atom. The van der Waals surface area contributed by atoms with E-state index in [0.717, 1.165) is 24.1 Å². The first-order valence-electron chi connectivity index (χ1n) is 8.00. The van der Waals surface area contributed by atoms with E-state index in [1.54, 1.807) is 33.5 Å². The van der Waals surface area contributed by atoms with E-state index in [-0.39, 0.29) is 17.3 Å². The lowest BCUT2D eigenvalue weighted by Gasteiger charge is -2.14. The maximum Gasteiger partial charge on any atom is 0.238 e. The fourth-order valence-electron chi connectivity index (χ4n) is 2.55. The number of rotatable bonds is 9. The molecule has 2 rings (SSSR count). The van der Waals surface area contributed by atoms with Gasteiger partial charge in [-0.05, 0) is 48.4 Å². The summed E-state index contributed by atoms with van der Waals surface area (Å²) >= 11 is 0. The summed E-state index contributed by atoms with van der Waals surface area (Å²) in [6.45, 7) is 1.36. The first-order chi connectivity index (χ1) is 12.4. The second kappa shape index (κ2) is 10.4. The van der Waals surface area contributed by atoms with Gasteiger partial charge in [-0.1, -0.05) is 12.1 Å². The molecule has 0 atom stereocenters. The molecular formula is C18H24ClN2O5S-. The molecule has 0 saturated carbocycles. The number of ether oxygens (including phenoxy) is 3. The van der Waals surface area contributed by atoms with Gasteiger partial charge < -0.3 is 31.9 Å². The molecule has 9 heteroatoms. The van der Waals surface area contributed by atoms with Gasteiger partial charge in [-0.25, -0.2) is 13.6 Å². The number of nitrogens with one attached hydrogen (secondary N) is 1. The molecule has 0 aliphatic carbocycles. The van der Waals surface area contributed by atoms with E-state index in [2.05, 4.69) is 5.32 Å². The van der Waals surface area contributed by atoms with E-state index in [1.807, 2.05) is 12.1 Å². The minimum Gasteiger partial charge on any atom is -1.00 e. The normalized spacial score (nSPS) is 10.8. The van der Waals surface area contributed by atoms with Crippen molar-refractivity contribution in [2.45, 2.75) is 17.9 Å². The summed E-state index contributed by atoms with van der Waals surface area (Å²) in [5.41, 5.74) is 2.03. The van der Waals surface area contributed by atoms with E-state index in [1.165, 1.54) is 12.1 Å². The van der Waals surface area contributed by atoms with Crippen LogP contribution in [-0.4, -0.2) is 36.3 Å². The van der Waals surface area contributed by atoms with Gasteiger partial charge in [0, 0.05) is 6.54 Å². The largest absolute Gasteiger partial charge is 1.00 e. The summed E-state index contributed by atoms with van der Waals surface area (Å²) in [7, 11) is 1.09. The number of methoxy groups -OCH3 is 3. The number of benzene rings is 2. The molecule has 0 aromatic heterocycles. The van der Waals surface area contributed by atoms with Gasteiger partial charge >= 0.3 is 0 Å². The zero-order valence-electron chi connectivity index (χ0n) is 15.5. The second-order valence-corrected chi connectivity index (χ2v) is 7.21. The average molecular weight is 416 g/mol. The fourth-order valence-corrected chi connectivity index (χ4v) is 3.06. The topological polar surface area (TPSA) is 99.9 Å². The van der Waals surface area contributed by atoms with Gasteiger partial charge in [-0.3, -0.25) is 0 Å². The van der Waals surface area contributed by atoms with Crippen molar-refractivity contribution in [2.24, 2.45) is 5.14 Å². The third kappa shape index (κ3) is 6.28. The van der Waals surface area contributed by atoms with Gasteiger partial charge in [0.15, 0.2) is 11.5 Å². The van der Waals surface area contributed by atoms with Crippen LogP contribution in [-0.2, 0) is 23.0 Å². The highest BCUT2D eigenvalue weighted by Gasteiger charge is 2.13. The predicted molar refractivity (Wildman–Crippen MR) is 99.3 cm³/mol. The van der Waals surface area contributed by atoms with Crippen LogP contribution in [0.25, 0.3) is 0 Å². The minimum atomic E-state index is -3.65. The maximum atomic E-state index is 11.2. The second-order valence-electron chi connectivity index (χ2n) is 5.65. The summed E-state index contributed by atoms with van der Waals surface area (Å²) in [6.07, 6.45) is 0.759. The first kappa shape index (κ1) is 23.0. The first-order valence-corrected chi connectivity index (χ1v) is 9.55. The van der Waals surface area contributed by atoms with Gasteiger partial charge in [-0.2, -0.15) is 0 Å². The van der Waals surface area contributed by atoms with Gasteiger partial charge in [-0.15, -0.1) is 0 Å². The van der Waals surface area contributed by atoms with Crippen LogP contribution in [0.3, 0.4) is 0 Å². The Morgan fingerprint density at radius 3 is 1.93 bits per heavy atom. The zero-order valence-corrected chi connectivity index (χ0v) is 17.1. The van der Waals surface area contributed by atoms with Crippen molar-refractivity contribution in [1.82, 2.24) is 5.32 Å². The van der Waals surface area contributed by atoms with Crippen LogP contribution >= 0.6 is 0 Å². The molecule has 0 saturated heterocycles. The van der Waals surface area contributed by atoms with Crippen molar-refractivity contribution in [1.29, 1.82) is 0 Å². The summed E-state index contributed by atoms with van der Waals surface area (Å²) in [5.74, 6) is 1.79. The molecule has 2 aromatic rings. The van der Waals surface area contributed by atoms with Gasteiger partial charge in [0.25, 0.3) is 0 Å². The van der Waals surface area contributed by atoms with E-state index < -0.39 is 10.0 Å². The van der Waals surface area contributed by atoms with E-state index in [4.69, 9.17) is 19.3 Å².